The zero-order chi connectivity index (χ0) is 19.2. The lowest BCUT2D eigenvalue weighted by molar-refractivity contribution is -0.117. The molecule has 0 unspecified atom stereocenters. The van der Waals surface area contributed by atoms with Crippen molar-refractivity contribution in [1.29, 1.82) is 0 Å². The number of carbonyl (C=O) groups is 1. The maximum absolute atomic E-state index is 12.6. The van der Waals surface area contributed by atoms with Crippen molar-refractivity contribution in [2.24, 2.45) is 5.92 Å². The molecule has 1 amide bonds. The van der Waals surface area contributed by atoms with Gasteiger partial charge in [-0.1, -0.05) is 17.7 Å². The van der Waals surface area contributed by atoms with Crippen LogP contribution in [0.15, 0.2) is 30.3 Å². The summed E-state index contributed by atoms with van der Waals surface area (Å²) in [5.74, 6) is 1.53. The monoisotopic (exact) mass is 441 g/mol. The number of likely N-dealkylation sites (tertiary alicyclic amines) is 1. The number of hydrogen-bond acceptors (Lipinski definition) is 4. The number of aryl methyl sites for hydroxylation is 2. The van der Waals surface area contributed by atoms with Gasteiger partial charge in [0.15, 0.2) is 0 Å². The van der Waals surface area contributed by atoms with Crippen molar-refractivity contribution in [3.63, 3.8) is 0 Å². The number of halogens is 2. The summed E-state index contributed by atoms with van der Waals surface area (Å²) in [6.07, 6.45) is 3.58. The van der Waals surface area contributed by atoms with E-state index in [0.717, 1.165) is 42.8 Å². The number of amides is 1. The SMILES string of the molecule is CNCCC1CCN(CC(=O)Nc2cc(C)nn2-c2ccc(C)cc2)CC1.Cl.Cl. The molecular formula is C21H33Cl2N5O. The Hall–Kier alpha value is -1.60. The number of nitrogens with zero attached hydrogens (tertiary/aromatic N) is 3. The number of hydrogen-bond donors (Lipinski definition) is 2. The van der Waals surface area contributed by atoms with Crippen LogP contribution in [-0.2, 0) is 4.79 Å². The van der Waals surface area contributed by atoms with Crippen LogP contribution in [0.5, 0.6) is 0 Å². The van der Waals surface area contributed by atoms with Crippen LogP contribution < -0.4 is 10.6 Å². The summed E-state index contributed by atoms with van der Waals surface area (Å²) in [7, 11) is 2.00. The van der Waals surface area contributed by atoms with E-state index in [1.807, 2.05) is 32.2 Å². The number of benzene rings is 1. The Labute approximate surface area is 186 Å². The standard InChI is InChI=1S/C21H31N5O.2ClH/c1-16-4-6-19(7-5-16)26-20(14-17(2)24-26)23-21(27)15-25-12-9-18(10-13-25)8-11-22-3;;/h4-7,14,18,22H,8-13,15H2,1-3H3,(H,23,27);2*1H. The van der Waals surface area contributed by atoms with Crippen LogP contribution in [0.3, 0.4) is 0 Å². The van der Waals surface area contributed by atoms with Crippen molar-refractivity contribution in [1.82, 2.24) is 20.0 Å². The van der Waals surface area contributed by atoms with Gasteiger partial charge in [0.05, 0.1) is 17.9 Å². The number of aromatic nitrogens is 2. The highest BCUT2D eigenvalue weighted by Gasteiger charge is 2.21. The number of carbonyl (C=O) groups excluding carboxylic acids is 1. The zero-order valence-corrected chi connectivity index (χ0v) is 19.1. The van der Waals surface area contributed by atoms with E-state index >= 15 is 0 Å². The van der Waals surface area contributed by atoms with Crippen LogP contribution in [0.25, 0.3) is 5.69 Å². The van der Waals surface area contributed by atoms with Crippen LogP contribution in [-0.4, -0.2) is 53.8 Å². The Kier molecular flexibility index (Phi) is 10.7. The predicted molar refractivity (Wildman–Crippen MR) is 124 cm³/mol. The molecule has 1 saturated heterocycles. The summed E-state index contributed by atoms with van der Waals surface area (Å²) >= 11 is 0. The van der Waals surface area contributed by atoms with Gasteiger partial charge in [-0.05, 0) is 77.8 Å². The molecule has 1 aliphatic heterocycles. The summed E-state index contributed by atoms with van der Waals surface area (Å²) in [4.78, 5) is 14.8. The number of rotatable bonds is 7. The van der Waals surface area contributed by atoms with Crippen molar-refractivity contribution < 1.29 is 4.79 Å². The lowest BCUT2D eigenvalue weighted by atomic mass is 9.93. The lowest BCUT2D eigenvalue weighted by Gasteiger charge is -2.31. The highest BCUT2D eigenvalue weighted by atomic mass is 35.5. The normalized spacial score (nSPS) is 14.7. The smallest absolute Gasteiger partial charge is 0.239 e. The second-order valence-electron chi connectivity index (χ2n) is 7.58. The largest absolute Gasteiger partial charge is 0.320 e. The Morgan fingerprint density at radius 3 is 2.41 bits per heavy atom. The highest BCUT2D eigenvalue weighted by Crippen LogP contribution is 2.21. The van der Waals surface area contributed by atoms with Crippen LogP contribution in [0, 0.1) is 19.8 Å². The van der Waals surface area contributed by atoms with Gasteiger partial charge in [0.2, 0.25) is 5.91 Å². The molecule has 3 rings (SSSR count). The molecule has 0 atom stereocenters. The van der Waals surface area contributed by atoms with E-state index in [4.69, 9.17) is 0 Å². The molecule has 0 bridgehead atoms. The van der Waals surface area contributed by atoms with Crippen molar-refractivity contribution >= 4 is 36.5 Å². The van der Waals surface area contributed by atoms with Crippen molar-refractivity contribution in [2.75, 3.05) is 38.5 Å². The number of anilines is 1. The molecule has 2 aromatic rings. The molecule has 162 valence electrons. The second kappa shape index (κ2) is 12.2. The minimum Gasteiger partial charge on any atom is -0.320 e. The molecule has 0 saturated carbocycles. The summed E-state index contributed by atoms with van der Waals surface area (Å²) < 4.78 is 1.80. The van der Waals surface area contributed by atoms with Crippen LogP contribution in [0.4, 0.5) is 5.82 Å². The summed E-state index contributed by atoms with van der Waals surface area (Å²) in [5.41, 5.74) is 3.04. The molecule has 2 heterocycles. The molecule has 1 aliphatic rings. The molecular weight excluding hydrogens is 409 g/mol. The second-order valence-corrected chi connectivity index (χ2v) is 7.58. The fraction of sp³-hybridized carbons (Fsp3) is 0.524. The van der Waals surface area contributed by atoms with Crippen molar-refractivity contribution in [2.45, 2.75) is 33.1 Å². The Morgan fingerprint density at radius 2 is 1.79 bits per heavy atom. The van der Waals surface area contributed by atoms with Gasteiger partial charge in [0.25, 0.3) is 0 Å². The lowest BCUT2D eigenvalue weighted by Crippen LogP contribution is -2.39. The first-order chi connectivity index (χ1) is 13.0. The molecule has 0 aliphatic carbocycles. The van der Waals surface area contributed by atoms with Crippen molar-refractivity contribution in [3.8, 4) is 5.69 Å². The van der Waals surface area contributed by atoms with E-state index in [1.54, 1.807) is 4.68 Å². The molecule has 1 aromatic carbocycles. The maximum atomic E-state index is 12.6. The zero-order valence-electron chi connectivity index (χ0n) is 17.5. The molecule has 0 radical (unpaired) electrons. The Bertz CT molecular complexity index is 755. The first kappa shape index (κ1) is 25.4. The topological polar surface area (TPSA) is 62.2 Å². The van der Waals surface area contributed by atoms with E-state index < -0.39 is 0 Å². The van der Waals surface area contributed by atoms with Crippen LogP contribution in [0.1, 0.15) is 30.5 Å². The van der Waals surface area contributed by atoms with E-state index in [9.17, 15) is 4.79 Å². The third-order valence-electron chi connectivity index (χ3n) is 5.25. The van der Waals surface area contributed by atoms with Gasteiger partial charge in [0.1, 0.15) is 5.82 Å². The quantitative estimate of drug-likeness (QED) is 0.688. The average Bonchev–Trinajstić information content (AvgIpc) is 3.01. The van der Waals surface area contributed by atoms with Gasteiger partial charge in [0, 0.05) is 6.07 Å². The molecule has 1 aromatic heterocycles. The first-order valence-electron chi connectivity index (χ1n) is 9.85. The Morgan fingerprint density at radius 1 is 1.14 bits per heavy atom. The van der Waals surface area contributed by atoms with Gasteiger partial charge in [-0.3, -0.25) is 9.69 Å². The van der Waals surface area contributed by atoms with Gasteiger partial charge in [-0.2, -0.15) is 5.10 Å². The minimum atomic E-state index is 0. The minimum absolute atomic E-state index is 0. The third kappa shape index (κ3) is 7.30. The Balaban J connectivity index is 0.00000210. The van der Waals surface area contributed by atoms with E-state index in [0.29, 0.717) is 6.54 Å². The van der Waals surface area contributed by atoms with Crippen LogP contribution in [0.2, 0.25) is 0 Å². The van der Waals surface area contributed by atoms with Gasteiger partial charge in [-0.25, -0.2) is 4.68 Å². The molecule has 8 heteroatoms. The molecule has 6 nitrogen and oxygen atoms in total. The van der Waals surface area contributed by atoms with Gasteiger partial charge in [-0.15, -0.1) is 24.8 Å². The maximum Gasteiger partial charge on any atom is 0.239 e. The number of piperidine rings is 1. The predicted octanol–water partition coefficient (Wildman–Crippen LogP) is 3.59. The molecule has 0 spiro atoms. The number of nitrogens with one attached hydrogen (secondary N) is 2. The van der Waals surface area contributed by atoms with E-state index in [1.165, 1.54) is 24.8 Å². The summed E-state index contributed by atoms with van der Waals surface area (Å²) in [6, 6.07) is 10.1. The molecule has 1 fully saturated rings. The molecule has 2 N–H and O–H groups in total. The van der Waals surface area contributed by atoms with Crippen molar-refractivity contribution in [3.05, 3.63) is 41.6 Å². The van der Waals surface area contributed by atoms with Gasteiger partial charge >= 0.3 is 0 Å². The summed E-state index contributed by atoms with van der Waals surface area (Å²) in [5, 5.41) is 10.8. The third-order valence-corrected chi connectivity index (χ3v) is 5.25. The highest BCUT2D eigenvalue weighted by molar-refractivity contribution is 5.91. The average molecular weight is 442 g/mol. The van der Waals surface area contributed by atoms with E-state index in [2.05, 4.69) is 39.7 Å². The molecule has 29 heavy (non-hydrogen) atoms. The van der Waals surface area contributed by atoms with E-state index in [-0.39, 0.29) is 30.7 Å². The van der Waals surface area contributed by atoms with Crippen LogP contribution >= 0.6 is 24.8 Å². The fourth-order valence-electron chi connectivity index (χ4n) is 3.64. The van der Waals surface area contributed by atoms with Gasteiger partial charge < -0.3 is 10.6 Å². The summed E-state index contributed by atoms with van der Waals surface area (Å²) in [6.45, 7) is 7.51. The fourth-order valence-corrected chi connectivity index (χ4v) is 3.64. The first-order valence-corrected chi connectivity index (χ1v) is 9.85.